The molecule has 3 nitrogen and oxygen atoms in total. The summed E-state index contributed by atoms with van der Waals surface area (Å²) in [6, 6.07) is 50.0. The van der Waals surface area contributed by atoms with Crippen molar-refractivity contribution in [3.05, 3.63) is 190 Å². The van der Waals surface area contributed by atoms with Crippen molar-refractivity contribution in [3.8, 4) is 6.07 Å². The normalized spacial score (nSPS) is 11.3. The lowest BCUT2D eigenvalue weighted by Gasteiger charge is -2.25. The Morgan fingerprint density at radius 3 is 1.61 bits per heavy atom. The van der Waals surface area contributed by atoms with Crippen LogP contribution in [0.1, 0.15) is 38.9 Å². The van der Waals surface area contributed by atoms with Crippen LogP contribution < -0.4 is 4.90 Å². The second-order valence-corrected chi connectivity index (χ2v) is 12.2. The maximum absolute atomic E-state index is 10.3. The number of fused-ring (bicyclic) bond motifs is 2. The number of hydrogen-bond donors (Lipinski definition) is 0. The molecule has 7 aromatic rings. The SMILES string of the molecule is [C-]#[N+]c1cccc2c(C=Cc3ccc(C)cc3)c3c(C#N)cccc3c(C=Cc3ccc(N(c4ccccc4)c4ccc(C)cc4)cc3)c12. The number of nitrogens with zero attached hydrogens (tertiary/aromatic N) is 3. The fraction of sp³-hybridized carbons (Fsp3) is 0.0435. The van der Waals surface area contributed by atoms with Crippen molar-refractivity contribution in [2.24, 2.45) is 0 Å². The third-order valence-electron chi connectivity index (χ3n) is 8.89. The van der Waals surface area contributed by atoms with Crippen molar-refractivity contribution in [2.75, 3.05) is 4.90 Å². The fourth-order valence-electron chi connectivity index (χ4n) is 6.41. The first kappa shape index (κ1) is 30.9. The van der Waals surface area contributed by atoms with E-state index in [1.54, 1.807) is 0 Å². The lowest BCUT2D eigenvalue weighted by atomic mass is 9.88. The number of anilines is 3. The van der Waals surface area contributed by atoms with Gasteiger partial charge in [-0.25, -0.2) is 4.85 Å². The summed E-state index contributed by atoms with van der Waals surface area (Å²) in [4.78, 5) is 6.20. The molecule has 0 N–H and O–H groups in total. The molecule has 0 spiro atoms. The number of para-hydroxylation sites is 1. The van der Waals surface area contributed by atoms with Crippen LogP contribution in [0.15, 0.2) is 140 Å². The summed E-state index contributed by atoms with van der Waals surface area (Å²) < 4.78 is 0. The van der Waals surface area contributed by atoms with Gasteiger partial charge in [0.2, 0.25) is 0 Å². The minimum Gasteiger partial charge on any atom is -0.311 e. The van der Waals surface area contributed by atoms with E-state index in [-0.39, 0.29) is 0 Å². The topological polar surface area (TPSA) is 31.4 Å². The monoisotopic (exact) mass is 627 g/mol. The van der Waals surface area contributed by atoms with Crippen molar-refractivity contribution in [1.29, 1.82) is 5.26 Å². The van der Waals surface area contributed by atoms with Crippen molar-refractivity contribution in [1.82, 2.24) is 0 Å². The number of nitriles is 1. The molecule has 7 rings (SSSR count). The van der Waals surface area contributed by atoms with Gasteiger partial charge < -0.3 is 4.90 Å². The second-order valence-electron chi connectivity index (χ2n) is 12.2. The molecular weight excluding hydrogens is 595 g/mol. The van der Waals surface area contributed by atoms with E-state index in [2.05, 4.69) is 163 Å². The predicted molar refractivity (Wildman–Crippen MR) is 207 cm³/mol. The number of benzene rings is 7. The Balaban J connectivity index is 1.35. The van der Waals surface area contributed by atoms with Crippen molar-refractivity contribution in [3.63, 3.8) is 0 Å². The standard InChI is InChI=1S/C46H33N3/c1-32-15-19-34(20-16-32)23-29-42-41-13-8-14-44(48-3)46(41)43(40-12-7-9-36(31-47)45(40)42)30-24-35-21-27-39(28-22-35)49(37-10-5-4-6-11-37)38-25-17-33(2)18-26-38/h4-30H,1-2H3. The molecule has 3 heteroatoms. The Labute approximate surface area is 287 Å². The molecular formula is C46H33N3. The van der Waals surface area contributed by atoms with Gasteiger partial charge in [-0.15, -0.1) is 0 Å². The highest BCUT2D eigenvalue weighted by molar-refractivity contribution is 6.19. The van der Waals surface area contributed by atoms with Crippen LogP contribution in [0.4, 0.5) is 22.7 Å². The fourth-order valence-corrected chi connectivity index (χ4v) is 6.41. The lowest BCUT2D eigenvalue weighted by molar-refractivity contribution is 1.27. The average Bonchev–Trinajstić information content (AvgIpc) is 3.15. The highest BCUT2D eigenvalue weighted by atomic mass is 15.1. The molecule has 0 saturated carbocycles. The van der Waals surface area contributed by atoms with Gasteiger partial charge in [-0.05, 0) is 94.7 Å². The summed E-state index contributed by atoms with van der Waals surface area (Å²) in [5.41, 5.74) is 10.8. The Hall–Kier alpha value is -6.68. The second kappa shape index (κ2) is 13.6. The number of rotatable bonds is 7. The molecule has 49 heavy (non-hydrogen) atoms. The summed E-state index contributed by atoms with van der Waals surface area (Å²) in [6.45, 7) is 12.2. The number of hydrogen-bond acceptors (Lipinski definition) is 2. The molecule has 0 aliphatic carbocycles. The minimum atomic E-state index is 0.582. The predicted octanol–water partition coefficient (Wildman–Crippen LogP) is 12.8. The Morgan fingerprint density at radius 2 is 1.02 bits per heavy atom. The van der Waals surface area contributed by atoms with Gasteiger partial charge in [0.25, 0.3) is 0 Å². The zero-order valence-corrected chi connectivity index (χ0v) is 27.4. The quantitative estimate of drug-likeness (QED) is 0.100. The molecule has 0 radical (unpaired) electrons. The third-order valence-corrected chi connectivity index (χ3v) is 8.89. The summed E-state index contributed by atoms with van der Waals surface area (Å²) in [5, 5.41) is 13.9. The molecule has 0 saturated heterocycles. The third kappa shape index (κ3) is 6.22. The molecule has 7 aromatic carbocycles. The van der Waals surface area contributed by atoms with E-state index in [0.717, 1.165) is 60.9 Å². The van der Waals surface area contributed by atoms with Crippen LogP contribution in [0.3, 0.4) is 0 Å². The Morgan fingerprint density at radius 1 is 0.531 bits per heavy atom. The van der Waals surface area contributed by atoms with Gasteiger partial charge in [0.05, 0.1) is 18.2 Å². The zero-order chi connectivity index (χ0) is 33.7. The highest BCUT2D eigenvalue weighted by Gasteiger charge is 2.17. The average molecular weight is 628 g/mol. The minimum absolute atomic E-state index is 0.582. The van der Waals surface area contributed by atoms with Crippen LogP contribution in [0, 0.1) is 31.8 Å². The van der Waals surface area contributed by atoms with Crippen LogP contribution in [-0.2, 0) is 0 Å². The molecule has 0 aliphatic rings. The van der Waals surface area contributed by atoms with Crippen LogP contribution in [-0.4, -0.2) is 0 Å². The molecule has 0 atom stereocenters. The van der Waals surface area contributed by atoms with E-state index >= 15 is 0 Å². The van der Waals surface area contributed by atoms with Gasteiger partial charge in [-0.1, -0.05) is 132 Å². The van der Waals surface area contributed by atoms with E-state index in [1.165, 1.54) is 11.1 Å². The van der Waals surface area contributed by atoms with Crippen LogP contribution >= 0.6 is 0 Å². The largest absolute Gasteiger partial charge is 0.311 e. The van der Waals surface area contributed by atoms with E-state index in [4.69, 9.17) is 6.57 Å². The molecule has 0 unspecified atom stereocenters. The van der Waals surface area contributed by atoms with Crippen molar-refractivity contribution < 1.29 is 0 Å². The summed E-state index contributed by atoms with van der Waals surface area (Å²) >= 11 is 0. The van der Waals surface area contributed by atoms with Crippen LogP contribution in [0.25, 0.3) is 50.7 Å². The van der Waals surface area contributed by atoms with E-state index in [0.29, 0.717) is 11.3 Å². The molecule has 232 valence electrons. The van der Waals surface area contributed by atoms with Crippen LogP contribution in [0.5, 0.6) is 0 Å². The Bertz CT molecular complexity index is 2440. The van der Waals surface area contributed by atoms with Gasteiger partial charge in [-0.3, -0.25) is 0 Å². The summed E-state index contributed by atoms with van der Waals surface area (Å²) in [6.07, 6.45) is 8.36. The van der Waals surface area contributed by atoms with Gasteiger partial charge in [0.1, 0.15) is 0 Å². The van der Waals surface area contributed by atoms with Gasteiger partial charge >= 0.3 is 0 Å². The molecule has 0 amide bonds. The first-order valence-corrected chi connectivity index (χ1v) is 16.3. The van der Waals surface area contributed by atoms with Crippen molar-refractivity contribution in [2.45, 2.75) is 13.8 Å². The zero-order valence-electron chi connectivity index (χ0n) is 27.4. The molecule has 0 bridgehead atoms. The van der Waals surface area contributed by atoms with Gasteiger partial charge in [0, 0.05) is 22.4 Å². The molecule has 0 fully saturated rings. The lowest BCUT2D eigenvalue weighted by Crippen LogP contribution is -2.09. The summed E-state index contributed by atoms with van der Waals surface area (Å²) in [5.74, 6) is 0. The highest BCUT2D eigenvalue weighted by Crippen LogP contribution is 2.41. The van der Waals surface area contributed by atoms with E-state index in [9.17, 15) is 5.26 Å². The summed E-state index contributed by atoms with van der Waals surface area (Å²) in [7, 11) is 0. The maximum Gasteiger partial charge on any atom is 0.195 e. The number of aryl methyl sites for hydroxylation is 2. The van der Waals surface area contributed by atoms with Gasteiger partial charge in [0.15, 0.2) is 5.69 Å². The Kier molecular flexibility index (Phi) is 8.58. The molecule has 0 heterocycles. The van der Waals surface area contributed by atoms with Gasteiger partial charge in [-0.2, -0.15) is 5.26 Å². The van der Waals surface area contributed by atoms with Crippen LogP contribution in [0.2, 0.25) is 0 Å². The van der Waals surface area contributed by atoms with E-state index < -0.39 is 0 Å². The first-order chi connectivity index (χ1) is 24.0. The first-order valence-electron chi connectivity index (χ1n) is 16.3. The van der Waals surface area contributed by atoms with Crippen molar-refractivity contribution >= 4 is 68.6 Å². The van der Waals surface area contributed by atoms with E-state index in [1.807, 2.05) is 30.3 Å². The molecule has 0 aromatic heterocycles. The molecule has 0 aliphatic heterocycles. The smallest absolute Gasteiger partial charge is 0.195 e. The maximum atomic E-state index is 10.3.